The first-order valence-corrected chi connectivity index (χ1v) is 8.73. The summed E-state index contributed by atoms with van der Waals surface area (Å²) in [6, 6.07) is -0.180. The number of carbonyl (C=O) groups excluding carboxylic acids is 1. The van der Waals surface area contributed by atoms with Crippen LogP contribution in [0.25, 0.3) is 0 Å². The first kappa shape index (κ1) is 18.4. The SMILES string of the molecule is CCCNC(CN1CCC(CC)(CC)CC1)C(=O)OCC. The molecule has 0 aromatic heterocycles. The zero-order valence-electron chi connectivity index (χ0n) is 14.4. The van der Waals surface area contributed by atoms with Crippen molar-refractivity contribution in [2.75, 3.05) is 32.8 Å². The van der Waals surface area contributed by atoms with Crippen molar-refractivity contribution in [2.45, 2.75) is 65.8 Å². The van der Waals surface area contributed by atoms with E-state index in [-0.39, 0.29) is 12.0 Å². The van der Waals surface area contributed by atoms with Crippen LogP contribution in [0.2, 0.25) is 0 Å². The van der Waals surface area contributed by atoms with E-state index in [1.54, 1.807) is 0 Å². The molecule has 0 amide bonds. The van der Waals surface area contributed by atoms with E-state index in [1.807, 2.05) is 6.92 Å². The van der Waals surface area contributed by atoms with Crippen LogP contribution in [0.15, 0.2) is 0 Å². The van der Waals surface area contributed by atoms with Gasteiger partial charge >= 0.3 is 5.97 Å². The Balaban J connectivity index is 2.50. The standard InChI is InChI=1S/C17H34N2O2/c1-5-11-18-15(16(20)21-8-4)14-19-12-9-17(6-2,7-3)10-13-19/h15,18H,5-14H2,1-4H3. The smallest absolute Gasteiger partial charge is 0.324 e. The quantitative estimate of drug-likeness (QED) is 0.665. The van der Waals surface area contributed by atoms with E-state index in [4.69, 9.17) is 4.74 Å². The molecule has 1 saturated heterocycles. The molecule has 0 aromatic rings. The second kappa shape index (κ2) is 9.42. The molecule has 124 valence electrons. The first-order chi connectivity index (χ1) is 10.1. The Morgan fingerprint density at radius 1 is 1.19 bits per heavy atom. The molecule has 1 fully saturated rings. The molecule has 1 rings (SSSR count). The Bertz CT molecular complexity index is 293. The van der Waals surface area contributed by atoms with Gasteiger partial charge in [0.2, 0.25) is 0 Å². The average Bonchev–Trinajstić information content (AvgIpc) is 2.52. The highest BCUT2D eigenvalue weighted by atomic mass is 16.5. The number of hydrogen-bond donors (Lipinski definition) is 1. The van der Waals surface area contributed by atoms with Gasteiger partial charge in [0.15, 0.2) is 0 Å². The Labute approximate surface area is 130 Å². The van der Waals surface area contributed by atoms with Crippen LogP contribution in [0, 0.1) is 5.41 Å². The summed E-state index contributed by atoms with van der Waals surface area (Å²) in [4.78, 5) is 14.5. The minimum Gasteiger partial charge on any atom is -0.465 e. The van der Waals surface area contributed by atoms with Crippen LogP contribution in [0.4, 0.5) is 0 Å². The fourth-order valence-electron chi connectivity index (χ4n) is 3.21. The normalized spacial score (nSPS) is 20.2. The summed E-state index contributed by atoms with van der Waals surface area (Å²) in [5.41, 5.74) is 0.534. The van der Waals surface area contributed by atoms with Crippen LogP contribution < -0.4 is 5.32 Å². The molecule has 0 radical (unpaired) electrons. The number of esters is 1. The van der Waals surface area contributed by atoms with Gasteiger partial charge in [-0.3, -0.25) is 4.79 Å². The number of piperidine rings is 1. The molecular formula is C17H34N2O2. The van der Waals surface area contributed by atoms with Gasteiger partial charge in [-0.1, -0.05) is 33.6 Å². The number of ether oxygens (including phenoxy) is 1. The van der Waals surface area contributed by atoms with Crippen LogP contribution in [0.5, 0.6) is 0 Å². The number of rotatable bonds is 9. The van der Waals surface area contributed by atoms with Crippen LogP contribution >= 0.6 is 0 Å². The van der Waals surface area contributed by atoms with E-state index in [0.717, 1.165) is 32.6 Å². The van der Waals surface area contributed by atoms with Crippen molar-refractivity contribution in [2.24, 2.45) is 5.41 Å². The van der Waals surface area contributed by atoms with Crippen molar-refractivity contribution in [3.63, 3.8) is 0 Å². The summed E-state index contributed by atoms with van der Waals surface area (Å²) in [5.74, 6) is -0.103. The molecule has 1 heterocycles. The highest BCUT2D eigenvalue weighted by molar-refractivity contribution is 5.76. The van der Waals surface area contributed by atoms with Crippen LogP contribution in [0.1, 0.15) is 59.8 Å². The van der Waals surface area contributed by atoms with Crippen molar-refractivity contribution in [1.29, 1.82) is 0 Å². The van der Waals surface area contributed by atoms with E-state index >= 15 is 0 Å². The largest absolute Gasteiger partial charge is 0.465 e. The van der Waals surface area contributed by atoms with Gasteiger partial charge in [-0.05, 0) is 51.2 Å². The lowest BCUT2D eigenvalue weighted by Crippen LogP contribution is -2.50. The highest BCUT2D eigenvalue weighted by Crippen LogP contribution is 2.37. The number of likely N-dealkylation sites (tertiary alicyclic amines) is 1. The molecule has 4 nitrogen and oxygen atoms in total. The summed E-state index contributed by atoms with van der Waals surface area (Å²) < 4.78 is 5.20. The highest BCUT2D eigenvalue weighted by Gasteiger charge is 2.32. The maximum Gasteiger partial charge on any atom is 0.324 e. The third kappa shape index (κ3) is 5.59. The van der Waals surface area contributed by atoms with Crippen LogP contribution in [-0.2, 0) is 9.53 Å². The molecule has 0 bridgehead atoms. The Morgan fingerprint density at radius 2 is 1.81 bits per heavy atom. The second-order valence-corrected chi connectivity index (χ2v) is 6.27. The molecule has 1 aliphatic heterocycles. The van der Waals surface area contributed by atoms with Crippen molar-refractivity contribution < 1.29 is 9.53 Å². The molecule has 0 aromatic carbocycles. The Morgan fingerprint density at radius 3 is 2.29 bits per heavy atom. The molecule has 0 saturated carbocycles. The number of hydrogen-bond acceptors (Lipinski definition) is 4. The van der Waals surface area contributed by atoms with E-state index in [2.05, 4.69) is 31.0 Å². The predicted molar refractivity (Wildman–Crippen MR) is 87.4 cm³/mol. The van der Waals surface area contributed by atoms with Gasteiger partial charge in [0.1, 0.15) is 6.04 Å². The van der Waals surface area contributed by atoms with Gasteiger partial charge < -0.3 is 15.0 Å². The molecule has 1 N–H and O–H groups in total. The molecule has 21 heavy (non-hydrogen) atoms. The molecule has 4 heteroatoms. The minimum absolute atomic E-state index is 0.103. The second-order valence-electron chi connectivity index (χ2n) is 6.27. The fourth-order valence-corrected chi connectivity index (χ4v) is 3.21. The molecule has 1 aliphatic rings. The molecule has 1 unspecified atom stereocenters. The van der Waals surface area contributed by atoms with Crippen molar-refractivity contribution in [3.8, 4) is 0 Å². The van der Waals surface area contributed by atoms with Gasteiger partial charge in [0.25, 0.3) is 0 Å². The van der Waals surface area contributed by atoms with Gasteiger partial charge in [0.05, 0.1) is 6.61 Å². The lowest BCUT2D eigenvalue weighted by molar-refractivity contribution is -0.146. The van der Waals surface area contributed by atoms with Crippen molar-refractivity contribution in [3.05, 3.63) is 0 Å². The topological polar surface area (TPSA) is 41.6 Å². The van der Waals surface area contributed by atoms with E-state index in [9.17, 15) is 4.79 Å². The minimum atomic E-state index is -0.180. The molecule has 0 aliphatic carbocycles. The lowest BCUT2D eigenvalue weighted by Gasteiger charge is -2.41. The van der Waals surface area contributed by atoms with Gasteiger partial charge in [0, 0.05) is 6.54 Å². The lowest BCUT2D eigenvalue weighted by atomic mass is 9.74. The van der Waals surface area contributed by atoms with Crippen LogP contribution in [-0.4, -0.2) is 49.7 Å². The van der Waals surface area contributed by atoms with Gasteiger partial charge in [-0.15, -0.1) is 0 Å². The van der Waals surface area contributed by atoms with Crippen molar-refractivity contribution in [1.82, 2.24) is 10.2 Å². The summed E-state index contributed by atoms with van der Waals surface area (Å²) in [5, 5.41) is 3.33. The van der Waals surface area contributed by atoms with E-state index in [0.29, 0.717) is 12.0 Å². The maximum atomic E-state index is 12.1. The fraction of sp³-hybridized carbons (Fsp3) is 0.941. The van der Waals surface area contributed by atoms with Gasteiger partial charge in [-0.2, -0.15) is 0 Å². The summed E-state index contributed by atoms with van der Waals surface area (Å²) in [6.07, 6.45) is 6.08. The van der Waals surface area contributed by atoms with E-state index in [1.165, 1.54) is 25.7 Å². The predicted octanol–water partition coefficient (Wildman–Crippen LogP) is 2.82. The average molecular weight is 298 g/mol. The zero-order chi connectivity index (χ0) is 15.7. The molecular weight excluding hydrogens is 264 g/mol. The van der Waals surface area contributed by atoms with Gasteiger partial charge in [-0.25, -0.2) is 0 Å². The maximum absolute atomic E-state index is 12.1. The van der Waals surface area contributed by atoms with E-state index < -0.39 is 0 Å². The third-order valence-electron chi connectivity index (χ3n) is 5.07. The monoisotopic (exact) mass is 298 g/mol. The zero-order valence-corrected chi connectivity index (χ0v) is 14.4. The Kier molecular flexibility index (Phi) is 8.27. The summed E-state index contributed by atoms with van der Waals surface area (Å²) >= 11 is 0. The number of nitrogens with zero attached hydrogens (tertiary/aromatic N) is 1. The molecule has 0 spiro atoms. The first-order valence-electron chi connectivity index (χ1n) is 8.73. The number of nitrogens with one attached hydrogen (secondary N) is 1. The molecule has 1 atom stereocenters. The summed E-state index contributed by atoms with van der Waals surface area (Å²) in [6.45, 7) is 12.9. The van der Waals surface area contributed by atoms with Crippen molar-refractivity contribution >= 4 is 5.97 Å². The van der Waals surface area contributed by atoms with Crippen LogP contribution in [0.3, 0.4) is 0 Å². The number of carbonyl (C=O) groups is 1. The summed E-state index contributed by atoms with van der Waals surface area (Å²) in [7, 11) is 0. The Hall–Kier alpha value is -0.610. The third-order valence-corrected chi connectivity index (χ3v) is 5.07.